The lowest BCUT2D eigenvalue weighted by Gasteiger charge is -2.40. The van der Waals surface area contributed by atoms with Gasteiger partial charge in [-0.25, -0.2) is 0 Å². The second kappa shape index (κ2) is 5.05. The Kier molecular flexibility index (Phi) is 3.49. The van der Waals surface area contributed by atoms with Crippen LogP contribution in [0, 0.1) is 5.92 Å². The monoisotopic (exact) mass is 222 g/mol. The highest BCUT2D eigenvalue weighted by Crippen LogP contribution is 2.30. The second-order valence-electron chi connectivity index (χ2n) is 6.07. The van der Waals surface area contributed by atoms with Gasteiger partial charge in [-0.15, -0.1) is 0 Å². The Labute approximate surface area is 100.0 Å². The largest absolute Gasteiger partial charge is 0.301 e. The fourth-order valence-corrected chi connectivity index (χ4v) is 3.42. The highest BCUT2D eigenvalue weighted by Gasteiger charge is 2.28. The molecule has 3 aliphatic rings. The summed E-state index contributed by atoms with van der Waals surface area (Å²) in [5.41, 5.74) is 0. The van der Waals surface area contributed by atoms with Crippen molar-refractivity contribution in [3.05, 3.63) is 0 Å². The van der Waals surface area contributed by atoms with Gasteiger partial charge in [0.25, 0.3) is 0 Å². The zero-order valence-corrected chi connectivity index (χ0v) is 10.5. The van der Waals surface area contributed by atoms with Gasteiger partial charge in [0, 0.05) is 38.8 Å². The zero-order valence-electron chi connectivity index (χ0n) is 10.5. The van der Waals surface area contributed by atoms with Crippen molar-refractivity contribution in [2.24, 2.45) is 5.92 Å². The first kappa shape index (κ1) is 11.0. The molecular weight excluding hydrogens is 196 g/mol. The van der Waals surface area contributed by atoms with Gasteiger partial charge in [0.15, 0.2) is 0 Å². The van der Waals surface area contributed by atoms with E-state index in [9.17, 15) is 0 Å². The minimum Gasteiger partial charge on any atom is -0.301 e. The van der Waals surface area contributed by atoms with E-state index in [1.54, 1.807) is 0 Å². The summed E-state index contributed by atoms with van der Waals surface area (Å²) in [5, 5.41) is 0. The molecule has 2 aliphatic carbocycles. The summed E-state index contributed by atoms with van der Waals surface area (Å²) in [7, 11) is 0. The molecule has 0 atom stereocenters. The second-order valence-corrected chi connectivity index (χ2v) is 6.07. The minimum atomic E-state index is 0.942. The molecule has 2 heteroatoms. The number of piperazine rings is 1. The van der Waals surface area contributed by atoms with E-state index >= 15 is 0 Å². The molecule has 1 heterocycles. The van der Waals surface area contributed by atoms with Crippen LogP contribution in [0.15, 0.2) is 0 Å². The summed E-state index contributed by atoms with van der Waals surface area (Å²) >= 11 is 0. The summed E-state index contributed by atoms with van der Waals surface area (Å²) in [6.07, 6.45) is 10.4. The average molecular weight is 222 g/mol. The third-order valence-electron chi connectivity index (χ3n) is 4.71. The predicted molar refractivity (Wildman–Crippen MR) is 67.6 cm³/mol. The van der Waals surface area contributed by atoms with Crippen molar-refractivity contribution in [3.8, 4) is 0 Å². The number of hydrogen-bond donors (Lipinski definition) is 0. The van der Waals surface area contributed by atoms with Crippen LogP contribution in [0.2, 0.25) is 0 Å². The Morgan fingerprint density at radius 3 is 2.06 bits per heavy atom. The Morgan fingerprint density at radius 2 is 1.44 bits per heavy atom. The van der Waals surface area contributed by atoms with Crippen LogP contribution in [0.1, 0.15) is 44.9 Å². The van der Waals surface area contributed by atoms with Gasteiger partial charge in [0.05, 0.1) is 0 Å². The van der Waals surface area contributed by atoms with Gasteiger partial charge < -0.3 is 4.90 Å². The van der Waals surface area contributed by atoms with Crippen molar-refractivity contribution in [1.82, 2.24) is 9.80 Å². The van der Waals surface area contributed by atoms with Crippen LogP contribution in [-0.4, -0.2) is 48.6 Å². The molecule has 0 bridgehead atoms. The molecule has 0 N–H and O–H groups in total. The van der Waals surface area contributed by atoms with Crippen molar-refractivity contribution in [3.63, 3.8) is 0 Å². The van der Waals surface area contributed by atoms with Gasteiger partial charge in [0.2, 0.25) is 0 Å². The molecule has 0 radical (unpaired) electrons. The third-order valence-corrected chi connectivity index (χ3v) is 4.71. The van der Waals surface area contributed by atoms with E-state index in [-0.39, 0.29) is 0 Å². The topological polar surface area (TPSA) is 6.48 Å². The van der Waals surface area contributed by atoms with Gasteiger partial charge in [-0.1, -0.05) is 19.3 Å². The van der Waals surface area contributed by atoms with Crippen LogP contribution in [0.25, 0.3) is 0 Å². The van der Waals surface area contributed by atoms with Crippen LogP contribution in [0.5, 0.6) is 0 Å². The van der Waals surface area contributed by atoms with Crippen molar-refractivity contribution in [2.45, 2.75) is 51.0 Å². The fourth-order valence-electron chi connectivity index (χ4n) is 3.42. The van der Waals surface area contributed by atoms with E-state index in [0.29, 0.717) is 0 Å². The lowest BCUT2D eigenvalue weighted by atomic mass is 9.94. The minimum absolute atomic E-state index is 0.942. The van der Waals surface area contributed by atoms with Gasteiger partial charge in [0.1, 0.15) is 0 Å². The predicted octanol–water partition coefficient (Wildman–Crippen LogP) is 2.35. The summed E-state index contributed by atoms with van der Waals surface area (Å²) in [6, 6.07) is 0.942. The van der Waals surface area contributed by atoms with Crippen LogP contribution in [0.4, 0.5) is 0 Å². The van der Waals surface area contributed by atoms with E-state index in [2.05, 4.69) is 9.80 Å². The molecule has 2 saturated carbocycles. The van der Waals surface area contributed by atoms with E-state index in [0.717, 1.165) is 12.0 Å². The van der Waals surface area contributed by atoms with E-state index in [1.165, 1.54) is 77.7 Å². The quantitative estimate of drug-likeness (QED) is 0.723. The molecule has 0 unspecified atom stereocenters. The normalized spacial score (nSPS) is 30.8. The van der Waals surface area contributed by atoms with Crippen LogP contribution in [-0.2, 0) is 0 Å². The molecule has 0 aromatic rings. The van der Waals surface area contributed by atoms with E-state index < -0.39 is 0 Å². The molecule has 0 amide bonds. The number of hydrogen-bond acceptors (Lipinski definition) is 2. The molecule has 16 heavy (non-hydrogen) atoms. The van der Waals surface area contributed by atoms with E-state index in [4.69, 9.17) is 0 Å². The molecule has 3 rings (SSSR count). The SMILES string of the molecule is C1CCC(N2CCN(CC3CC3)CC2)CC1. The molecule has 0 aromatic heterocycles. The van der Waals surface area contributed by atoms with Crippen molar-refractivity contribution >= 4 is 0 Å². The summed E-state index contributed by atoms with van der Waals surface area (Å²) < 4.78 is 0. The maximum Gasteiger partial charge on any atom is 0.0113 e. The molecular formula is C14H26N2. The zero-order chi connectivity index (χ0) is 10.8. The maximum absolute atomic E-state index is 2.78. The van der Waals surface area contributed by atoms with Crippen LogP contribution >= 0.6 is 0 Å². The van der Waals surface area contributed by atoms with Crippen LogP contribution < -0.4 is 0 Å². The Bertz CT molecular complexity index is 211. The van der Waals surface area contributed by atoms with E-state index in [1.807, 2.05) is 0 Å². The standard InChI is InChI=1S/C14H26N2/c1-2-4-14(5-3-1)16-10-8-15(9-11-16)12-13-6-7-13/h13-14H,1-12H2. The highest BCUT2D eigenvalue weighted by atomic mass is 15.3. The highest BCUT2D eigenvalue weighted by molar-refractivity contribution is 4.83. The summed E-state index contributed by atoms with van der Waals surface area (Å²) in [5.74, 6) is 1.07. The molecule has 92 valence electrons. The van der Waals surface area contributed by atoms with Crippen molar-refractivity contribution in [2.75, 3.05) is 32.7 Å². The first-order valence-corrected chi connectivity index (χ1v) is 7.38. The Hall–Kier alpha value is -0.0800. The smallest absolute Gasteiger partial charge is 0.0113 e. The average Bonchev–Trinajstić information content (AvgIpc) is 3.15. The molecule has 1 saturated heterocycles. The van der Waals surface area contributed by atoms with Crippen molar-refractivity contribution in [1.29, 1.82) is 0 Å². The summed E-state index contributed by atoms with van der Waals surface area (Å²) in [6.45, 7) is 6.77. The van der Waals surface area contributed by atoms with Crippen LogP contribution in [0.3, 0.4) is 0 Å². The molecule has 0 aromatic carbocycles. The Morgan fingerprint density at radius 1 is 0.750 bits per heavy atom. The first-order chi connectivity index (χ1) is 7.92. The maximum atomic E-state index is 2.78. The van der Waals surface area contributed by atoms with Gasteiger partial charge >= 0.3 is 0 Å². The summed E-state index contributed by atoms with van der Waals surface area (Å²) in [4.78, 5) is 5.49. The lowest BCUT2D eigenvalue weighted by molar-refractivity contribution is 0.0768. The molecule has 3 fully saturated rings. The van der Waals surface area contributed by atoms with Gasteiger partial charge in [-0.3, -0.25) is 4.90 Å². The van der Waals surface area contributed by atoms with Gasteiger partial charge in [-0.05, 0) is 31.6 Å². The third kappa shape index (κ3) is 2.78. The molecule has 0 spiro atoms. The molecule has 2 nitrogen and oxygen atoms in total. The van der Waals surface area contributed by atoms with Crippen molar-refractivity contribution < 1.29 is 0 Å². The lowest BCUT2D eigenvalue weighted by Crippen LogP contribution is -2.51. The Balaban J connectivity index is 1.42. The number of nitrogens with zero attached hydrogens (tertiary/aromatic N) is 2. The fraction of sp³-hybridized carbons (Fsp3) is 1.00. The first-order valence-electron chi connectivity index (χ1n) is 7.38. The number of rotatable bonds is 3. The van der Waals surface area contributed by atoms with Gasteiger partial charge in [-0.2, -0.15) is 0 Å². The molecule has 1 aliphatic heterocycles.